The van der Waals surface area contributed by atoms with E-state index >= 15 is 0 Å². The molecule has 0 saturated heterocycles. The molecule has 0 fully saturated rings. The third kappa shape index (κ3) is 2.51. The molecule has 2 rings (SSSR count). The zero-order valence-corrected chi connectivity index (χ0v) is 13.3. The van der Waals surface area contributed by atoms with Gasteiger partial charge in [0, 0.05) is 10.0 Å². The quantitative estimate of drug-likeness (QED) is 0.878. The minimum atomic E-state index is -0.450. The van der Waals surface area contributed by atoms with E-state index in [4.69, 9.17) is 0 Å². The van der Waals surface area contributed by atoms with Gasteiger partial charge in [0.1, 0.15) is 5.01 Å². The molecule has 1 N–H and O–H groups in total. The Labute approximate surface area is 120 Å². The number of thiazole rings is 1. The number of nitrogens with zero attached hydrogens (tertiary/aromatic N) is 1. The molecule has 1 heterocycles. The summed E-state index contributed by atoms with van der Waals surface area (Å²) in [6, 6.07) is 4.25. The van der Waals surface area contributed by atoms with Crippen LogP contribution in [0.2, 0.25) is 0 Å². The van der Waals surface area contributed by atoms with Crippen molar-refractivity contribution in [3.05, 3.63) is 38.3 Å². The van der Waals surface area contributed by atoms with Crippen molar-refractivity contribution in [2.75, 3.05) is 0 Å². The molecular weight excluding hydrogens is 310 g/mol. The van der Waals surface area contributed by atoms with E-state index in [1.807, 2.05) is 6.92 Å². The Balaban J connectivity index is 2.52. The van der Waals surface area contributed by atoms with Crippen molar-refractivity contribution in [1.29, 1.82) is 0 Å². The van der Waals surface area contributed by atoms with E-state index < -0.39 is 6.10 Å². The third-order valence-corrected chi connectivity index (χ3v) is 5.52. The highest BCUT2D eigenvalue weighted by Crippen LogP contribution is 2.34. The average molecular weight is 326 g/mol. The van der Waals surface area contributed by atoms with E-state index in [2.05, 4.69) is 46.9 Å². The lowest BCUT2D eigenvalue weighted by Crippen LogP contribution is -1.88. The topological polar surface area (TPSA) is 33.1 Å². The number of aliphatic hydroxyl groups excluding tert-OH is 1. The number of halogens is 1. The zero-order chi connectivity index (χ0) is 13.4. The summed E-state index contributed by atoms with van der Waals surface area (Å²) >= 11 is 5.14. The molecule has 2 nitrogen and oxygen atoms in total. The summed E-state index contributed by atoms with van der Waals surface area (Å²) in [6.07, 6.45) is -0.450. The third-order valence-electron chi connectivity index (χ3n) is 2.90. The van der Waals surface area contributed by atoms with Crippen molar-refractivity contribution in [3.63, 3.8) is 0 Å². The fraction of sp³-hybridized carbons (Fsp3) is 0.357. The van der Waals surface area contributed by atoms with Crippen molar-refractivity contribution in [2.24, 2.45) is 0 Å². The number of aryl methyl sites for hydroxylation is 3. The Morgan fingerprint density at radius 3 is 2.22 bits per heavy atom. The molecule has 0 radical (unpaired) electrons. The number of hydrogen-bond acceptors (Lipinski definition) is 3. The normalized spacial score (nSPS) is 12.8. The number of hydrogen-bond donors (Lipinski definition) is 1. The Hall–Kier alpha value is -0.710. The van der Waals surface area contributed by atoms with Crippen molar-refractivity contribution in [2.45, 2.75) is 33.8 Å². The first-order chi connectivity index (χ1) is 8.40. The van der Waals surface area contributed by atoms with Crippen LogP contribution in [0.3, 0.4) is 0 Å². The lowest BCUT2D eigenvalue weighted by Gasteiger charge is -2.05. The number of aliphatic hydroxyl groups is 1. The van der Waals surface area contributed by atoms with E-state index in [0.29, 0.717) is 0 Å². The first-order valence-corrected chi connectivity index (χ1v) is 7.43. The van der Waals surface area contributed by atoms with E-state index in [0.717, 1.165) is 25.6 Å². The van der Waals surface area contributed by atoms with Gasteiger partial charge in [-0.1, -0.05) is 15.9 Å². The summed E-state index contributed by atoms with van der Waals surface area (Å²) in [5.74, 6) is 0. The SMILES string of the molecule is Cc1cc(-c2nc(C)c(C(C)O)s2)cc(C)c1Br. The Morgan fingerprint density at radius 1 is 1.22 bits per heavy atom. The summed E-state index contributed by atoms with van der Waals surface area (Å²) in [6.45, 7) is 7.89. The number of aromatic nitrogens is 1. The molecule has 1 aromatic heterocycles. The van der Waals surface area contributed by atoms with Crippen LogP contribution in [0.1, 0.15) is 34.7 Å². The molecular formula is C14H16BrNOS. The van der Waals surface area contributed by atoms with Gasteiger partial charge < -0.3 is 5.11 Å². The minimum absolute atomic E-state index is 0.450. The molecule has 18 heavy (non-hydrogen) atoms. The summed E-state index contributed by atoms with van der Waals surface area (Å²) in [5, 5.41) is 10.7. The molecule has 0 aliphatic rings. The van der Waals surface area contributed by atoms with Crippen LogP contribution in [0.5, 0.6) is 0 Å². The van der Waals surface area contributed by atoms with Crippen molar-refractivity contribution in [3.8, 4) is 10.6 Å². The van der Waals surface area contributed by atoms with Crippen molar-refractivity contribution < 1.29 is 5.11 Å². The largest absolute Gasteiger partial charge is 0.388 e. The Bertz CT molecular complexity index is 566. The monoisotopic (exact) mass is 325 g/mol. The van der Waals surface area contributed by atoms with Crippen LogP contribution in [-0.4, -0.2) is 10.1 Å². The molecule has 2 aromatic rings. The van der Waals surface area contributed by atoms with Gasteiger partial charge in [0.15, 0.2) is 0 Å². The highest BCUT2D eigenvalue weighted by atomic mass is 79.9. The second-order valence-electron chi connectivity index (χ2n) is 4.57. The van der Waals surface area contributed by atoms with Crippen molar-refractivity contribution in [1.82, 2.24) is 4.98 Å². The smallest absolute Gasteiger partial charge is 0.123 e. The maximum absolute atomic E-state index is 9.68. The predicted octanol–water partition coefficient (Wildman–Crippen LogP) is 4.55. The second-order valence-corrected chi connectivity index (χ2v) is 6.39. The first kappa shape index (κ1) is 13.7. The van der Waals surface area contributed by atoms with Gasteiger partial charge in [0.2, 0.25) is 0 Å². The average Bonchev–Trinajstić information content (AvgIpc) is 2.67. The summed E-state index contributed by atoms with van der Waals surface area (Å²) in [7, 11) is 0. The van der Waals surface area contributed by atoms with Crippen LogP contribution in [0.15, 0.2) is 16.6 Å². The number of benzene rings is 1. The fourth-order valence-corrected chi connectivity index (χ4v) is 3.21. The molecule has 0 amide bonds. The molecule has 96 valence electrons. The van der Waals surface area contributed by atoms with Gasteiger partial charge >= 0.3 is 0 Å². The molecule has 1 atom stereocenters. The molecule has 0 aliphatic heterocycles. The highest BCUT2D eigenvalue weighted by molar-refractivity contribution is 9.10. The summed E-state index contributed by atoms with van der Waals surface area (Å²) < 4.78 is 1.15. The second kappa shape index (κ2) is 5.11. The molecule has 1 aromatic carbocycles. The van der Waals surface area contributed by atoms with E-state index in [9.17, 15) is 5.11 Å². The standard InChI is InChI=1S/C14H16BrNOS/c1-7-5-11(6-8(2)12(7)15)14-16-9(3)13(18-14)10(4)17/h5-6,10,17H,1-4H3. The van der Waals surface area contributed by atoms with Crippen molar-refractivity contribution >= 4 is 27.3 Å². The molecule has 0 bridgehead atoms. The van der Waals surface area contributed by atoms with Gasteiger partial charge in [-0.25, -0.2) is 4.98 Å². The first-order valence-electron chi connectivity index (χ1n) is 5.82. The Morgan fingerprint density at radius 2 is 1.78 bits per heavy atom. The van der Waals surface area contributed by atoms with Gasteiger partial charge in [-0.15, -0.1) is 11.3 Å². The van der Waals surface area contributed by atoms with Crippen LogP contribution in [0, 0.1) is 20.8 Å². The lowest BCUT2D eigenvalue weighted by atomic mass is 10.1. The van der Waals surface area contributed by atoms with Crippen LogP contribution >= 0.6 is 27.3 Å². The van der Waals surface area contributed by atoms with Gasteiger partial charge in [-0.05, 0) is 51.0 Å². The lowest BCUT2D eigenvalue weighted by molar-refractivity contribution is 0.202. The molecule has 0 spiro atoms. The fourth-order valence-electron chi connectivity index (χ4n) is 1.99. The predicted molar refractivity (Wildman–Crippen MR) is 80.1 cm³/mol. The molecule has 1 unspecified atom stereocenters. The summed E-state index contributed by atoms with van der Waals surface area (Å²) in [5.41, 5.74) is 4.45. The maximum atomic E-state index is 9.68. The maximum Gasteiger partial charge on any atom is 0.123 e. The zero-order valence-electron chi connectivity index (χ0n) is 10.9. The minimum Gasteiger partial charge on any atom is -0.388 e. The van der Waals surface area contributed by atoms with Crippen LogP contribution in [0.4, 0.5) is 0 Å². The van der Waals surface area contributed by atoms with Gasteiger partial charge in [-0.3, -0.25) is 0 Å². The van der Waals surface area contributed by atoms with Gasteiger partial charge in [0.25, 0.3) is 0 Å². The van der Waals surface area contributed by atoms with Crippen LogP contribution in [-0.2, 0) is 0 Å². The summed E-state index contributed by atoms with van der Waals surface area (Å²) in [4.78, 5) is 5.50. The highest BCUT2D eigenvalue weighted by Gasteiger charge is 2.14. The Kier molecular flexibility index (Phi) is 3.90. The van der Waals surface area contributed by atoms with Crippen LogP contribution in [0.25, 0.3) is 10.6 Å². The van der Waals surface area contributed by atoms with E-state index in [1.54, 1.807) is 18.3 Å². The molecule has 0 aliphatic carbocycles. The van der Waals surface area contributed by atoms with Crippen LogP contribution < -0.4 is 0 Å². The van der Waals surface area contributed by atoms with Gasteiger partial charge in [0.05, 0.1) is 16.7 Å². The van der Waals surface area contributed by atoms with Gasteiger partial charge in [-0.2, -0.15) is 0 Å². The molecule has 0 saturated carbocycles. The van der Waals surface area contributed by atoms with E-state index in [1.165, 1.54) is 11.1 Å². The number of rotatable bonds is 2. The van der Waals surface area contributed by atoms with E-state index in [-0.39, 0.29) is 0 Å². The molecule has 4 heteroatoms.